The Bertz CT molecular complexity index is 696. The molecule has 2 rings (SSSR count). The van der Waals surface area contributed by atoms with E-state index in [0.29, 0.717) is 5.75 Å². The van der Waals surface area contributed by atoms with Crippen molar-refractivity contribution in [2.45, 2.75) is 11.8 Å². The highest BCUT2D eigenvalue weighted by Crippen LogP contribution is 2.26. The Hall–Kier alpha value is -1.59. The van der Waals surface area contributed by atoms with Crippen LogP contribution in [0.4, 0.5) is 4.39 Å². The molecule has 0 N–H and O–H groups in total. The summed E-state index contributed by atoms with van der Waals surface area (Å²) in [5.74, 6) is -0.0744. The number of hydrogen-bond donors (Lipinski definition) is 0. The van der Waals surface area contributed by atoms with E-state index in [0.717, 1.165) is 5.56 Å². The lowest BCUT2D eigenvalue weighted by molar-refractivity contribution is 0.441. The zero-order valence-electron chi connectivity index (χ0n) is 9.93. The molecule has 0 spiro atoms. The average molecular weight is 301 g/mol. The smallest absolute Gasteiger partial charge is 0.261 e. The topological polar surface area (TPSA) is 43.4 Å². The summed E-state index contributed by atoms with van der Waals surface area (Å²) in [6.07, 6.45) is 0. The van der Waals surface area contributed by atoms with Gasteiger partial charge in [-0.2, -0.15) is 0 Å². The van der Waals surface area contributed by atoms with Crippen molar-refractivity contribution in [3.05, 3.63) is 53.8 Å². The Labute approximate surface area is 115 Å². The van der Waals surface area contributed by atoms with Crippen LogP contribution in [-0.4, -0.2) is 8.42 Å². The summed E-state index contributed by atoms with van der Waals surface area (Å²) in [6.45, 7) is 1.81. The van der Waals surface area contributed by atoms with Crippen molar-refractivity contribution in [1.29, 1.82) is 0 Å². The molecule has 2 aromatic carbocycles. The molecule has 0 saturated heterocycles. The molecule has 0 saturated carbocycles. The van der Waals surface area contributed by atoms with E-state index in [9.17, 15) is 12.8 Å². The molecule has 19 heavy (non-hydrogen) atoms. The van der Waals surface area contributed by atoms with Crippen LogP contribution < -0.4 is 4.74 Å². The summed E-state index contributed by atoms with van der Waals surface area (Å²) in [4.78, 5) is -0.0359. The van der Waals surface area contributed by atoms with Crippen molar-refractivity contribution in [2.24, 2.45) is 0 Å². The number of benzene rings is 2. The highest BCUT2D eigenvalue weighted by molar-refractivity contribution is 8.13. The largest absolute Gasteiger partial charge is 0.454 e. The van der Waals surface area contributed by atoms with Crippen molar-refractivity contribution in [1.82, 2.24) is 0 Å². The highest BCUT2D eigenvalue weighted by Gasteiger charge is 2.10. The van der Waals surface area contributed by atoms with Crippen molar-refractivity contribution in [2.75, 3.05) is 0 Å². The van der Waals surface area contributed by atoms with E-state index in [-0.39, 0.29) is 10.6 Å². The minimum absolute atomic E-state index is 0.0359. The number of aryl methyl sites for hydroxylation is 1. The van der Waals surface area contributed by atoms with E-state index in [1.807, 2.05) is 6.92 Å². The summed E-state index contributed by atoms with van der Waals surface area (Å²) < 4.78 is 41.0. The summed E-state index contributed by atoms with van der Waals surface area (Å²) >= 11 is 0. The van der Waals surface area contributed by atoms with Crippen LogP contribution in [0.5, 0.6) is 11.5 Å². The molecule has 0 aliphatic carbocycles. The standard InChI is InChI=1S/C13H10ClFO3S/c1-9-2-7-12(15)13(8-9)18-10-3-5-11(6-4-10)19(14,16)17/h2-8H,1H3. The maximum absolute atomic E-state index is 13.5. The lowest BCUT2D eigenvalue weighted by atomic mass is 10.2. The number of ether oxygens (including phenoxy) is 1. The van der Waals surface area contributed by atoms with Crippen LogP contribution in [-0.2, 0) is 9.05 Å². The average Bonchev–Trinajstić information content (AvgIpc) is 2.33. The van der Waals surface area contributed by atoms with Gasteiger partial charge in [-0.15, -0.1) is 0 Å². The van der Waals surface area contributed by atoms with Gasteiger partial charge in [-0.1, -0.05) is 6.07 Å². The number of hydrogen-bond acceptors (Lipinski definition) is 3. The second-order valence-electron chi connectivity index (χ2n) is 3.95. The third-order valence-corrected chi connectivity index (χ3v) is 3.79. The van der Waals surface area contributed by atoms with Gasteiger partial charge in [-0.3, -0.25) is 0 Å². The zero-order valence-corrected chi connectivity index (χ0v) is 11.5. The van der Waals surface area contributed by atoms with E-state index in [4.69, 9.17) is 15.4 Å². The Balaban J connectivity index is 2.27. The van der Waals surface area contributed by atoms with Gasteiger partial charge in [0.05, 0.1) is 4.90 Å². The molecular formula is C13H10ClFO3S. The van der Waals surface area contributed by atoms with Gasteiger partial charge in [0.2, 0.25) is 0 Å². The predicted octanol–water partition coefficient (Wildman–Crippen LogP) is 3.85. The first kappa shape index (κ1) is 13.8. The van der Waals surface area contributed by atoms with E-state index < -0.39 is 14.9 Å². The van der Waals surface area contributed by atoms with Crippen molar-refractivity contribution in [3.63, 3.8) is 0 Å². The van der Waals surface area contributed by atoms with Crippen LogP contribution in [0, 0.1) is 12.7 Å². The van der Waals surface area contributed by atoms with Gasteiger partial charge in [0, 0.05) is 10.7 Å². The summed E-state index contributed by atoms with van der Waals surface area (Å²) in [5, 5.41) is 0. The first-order chi connectivity index (χ1) is 8.86. The van der Waals surface area contributed by atoms with Gasteiger partial charge < -0.3 is 4.74 Å². The molecule has 0 aliphatic heterocycles. The molecule has 0 atom stereocenters. The Morgan fingerprint density at radius 1 is 1.11 bits per heavy atom. The molecule has 0 radical (unpaired) electrons. The second kappa shape index (κ2) is 5.19. The summed E-state index contributed by atoms with van der Waals surface area (Å²) in [7, 11) is 1.42. The molecule has 0 fully saturated rings. The maximum atomic E-state index is 13.5. The fourth-order valence-corrected chi connectivity index (χ4v) is 2.26. The van der Waals surface area contributed by atoms with Crippen LogP contribution in [0.2, 0.25) is 0 Å². The SMILES string of the molecule is Cc1ccc(F)c(Oc2ccc(S(=O)(=O)Cl)cc2)c1. The number of halogens is 2. The van der Waals surface area contributed by atoms with Crippen LogP contribution in [0.1, 0.15) is 5.56 Å². The Morgan fingerprint density at radius 2 is 1.74 bits per heavy atom. The van der Waals surface area contributed by atoms with Gasteiger partial charge in [0.25, 0.3) is 9.05 Å². The first-order valence-electron chi connectivity index (χ1n) is 5.35. The molecule has 0 aromatic heterocycles. The third kappa shape index (κ3) is 3.45. The number of rotatable bonds is 3. The zero-order chi connectivity index (χ0) is 14.0. The molecule has 0 amide bonds. The van der Waals surface area contributed by atoms with Gasteiger partial charge in [-0.05, 0) is 48.9 Å². The molecule has 0 aliphatic rings. The van der Waals surface area contributed by atoms with Gasteiger partial charge >= 0.3 is 0 Å². The minimum atomic E-state index is -3.76. The van der Waals surface area contributed by atoms with E-state index in [2.05, 4.69) is 0 Å². The summed E-state index contributed by atoms with van der Waals surface area (Å²) in [6, 6.07) is 9.92. The molecule has 6 heteroatoms. The van der Waals surface area contributed by atoms with Crippen LogP contribution >= 0.6 is 10.7 Å². The van der Waals surface area contributed by atoms with Crippen molar-refractivity contribution in [3.8, 4) is 11.5 Å². The maximum Gasteiger partial charge on any atom is 0.261 e. The van der Waals surface area contributed by atoms with Crippen LogP contribution in [0.25, 0.3) is 0 Å². The normalized spacial score (nSPS) is 11.3. The Kier molecular flexibility index (Phi) is 3.78. The molecule has 3 nitrogen and oxygen atoms in total. The van der Waals surface area contributed by atoms with E-state index in [1.165, 1.54) is 30.3 Å². The molecular weight excluding hydrogens is 291 g/mol. The lowest BCUT2D eigenvalue weighted by Gasteiger charge is -2.07. The third-order valence-electron chi connectivity index (χ3n) is 2.42. The predicted molar refractivity (Wildman–Crippen MR) is 70.7 cm³/mol. The Morgan fingerprint density at radius 3 is 2.32 bits per heavy atom. The molecule has 2 aromatic rings. The van der Waals surface area contributed by atoms with Crippen LogP contribution in [0.3, 0.4) is 0 Å². The quantitative estimate of drug-likeness (QED) is 0.809. The molecule has 0 bridgehead atoms. The monoisotopic (exact) mass is 300 g/mol. The fourth-order valence-electron chi connectivity index (χ4n) is 1.49. The fraction of sp³-hybridized carbons (Fsp3) is 0.0769. The molecule has 100 valence electrons. The highest BCUT2D eigenvalue weighted by atomic mass is 35.7. The van der Waals surface area contributed by atoms with E-state index >= 15 is 0 Å². The van der Waals surface area contributed by atoms with Gasteiger partial charge in [0.15, 0.2) is 11.6 Å². The van der Waals surface area contributed by atoms with Crippen molar-refractivity contribution >= 4 is 19.7 Å². The first-order valence-corrected chi connectivity index (χ1v) is 7.66. The summed E-state index contributed by atoms with van der Waals surface area (Å²) in [5.41, 5.74) is 0.858. The second-order valence-corrected chi connectivity index (χ2v) is 6.51. The van der Waals surface area contributed by atoms with Crippen molar-refractivity contribution < 1.29 is 17.5 Å². The van der Waals surface area contributed by atoms with E-state index in [1.54, 1.807) is 12.1 Å². The van der Waals surface area contributed by atoms with Crippen LogP contribution in [0.15, 0.2) is 47.4 Å². The van der Waals surface area contributed by atoms with Gasteiger partial charge in [-0.25, -0.2) is 12.8 Å². The van der Waals surface area contributed by atoms with Gasteiger partial charge in [0.1, 0.15) is 5.75 Å². The molecule has 0 heterocycles. The minimum Gasteiger partial charge on any atom is -0.454 e. The molecule has 0 unspecified atom stereocenters. The lowest BCUT2D eigenvalue weighted by Crippen LogP contribution is -1.92.